The summed E-state index contributed by atoms with van der Waals surface area (Å²) in [5.41, 5.74) is 3.68. The van der Waals surface area contributed by atoms with Gasteiger partial charge in [0.1, 0.15) is 5.75 Å². The summed E-state index contributed by atoms with van der Waals surface area (Å²) in [5, 5.41) is 24.2. The number of aryl methyl sites for hydroxylation is 2. The molecule has 26 heavy (non-hydrogen) atoms. The maximum absolute atomic E-state index is 11.8. The minimum absolute atomic E-state index is 0.111. The van der Waals surface area contributed by atoms with Gasteiger partial charge in [0.15, 0.2) is 6.61 Å². The van der Waals surface area contributed by atoms with Crippen molar-refractivity contribution in [3.8, 4) is 11.5 Å². The first-order chi connectivity index (χ1) is 12.3. The van der Waals surface area contributed by atoms with Crippen LogP contribution >= 0.6 is 15.9 Å². The van der Waals surface area contributed by atoms with Gasteiger partial charge in [-0.05, 0) is 43.2 Å². The lowest BCUT2D eigenvalue weighted by molar-refractivity contribution is -0.385. The number of nitro groups is 1. The van der Waals surface area contributed by atoms with Crippen LogP contribution < -0.4 is 10.2 Å². The number of carbonyl (C=O) groups is 1. The highest BCUT2D eigenvalue weighted by molar-refractivity contribution is 9.10. The van der Waals surface area contributed by atoms with Gasteiger partial charge in [0.2, 0.25) is 5.75 Å². The number of benzene rings is 2. The Labute approximate surface area is 157 Å². The molecule has 2 rings (SSSR count). The number of halogens is 1. The maximum Gasteiger partial charge on any atom is 0.311 e. The summed E-state index contributed by atoms with van der Waals surface area (Å²) < 4.78 is 6.44. The van der Waals surface area contributed by atoms with E-state index in [-0.39, 0.29) is 12.2 Å². The Morgan fingerprint density at radius 3 is 2.65 bits per heavy atom. The molecule has 136 valence electrons. The van der Waals surface area contributed by atoms with Crippen LogP contribution in [0.1, 0.15) is 16.7 Å². The molecule has 0 radical (unpaired) electrons. The van der Waals surface area contributed by atoms with Gasteiger partial charge in [-0.3, -0.25) is 14.9 Å². The summed E-state index contributed by atoms with van der Waals surface area (Å²) in [6.07, 6.45) is 1.12. The third-order valence-corrected chi connectivity index (χ3v) is 3.87. The molecule has 8 nitrogen and oxygen atoms in total. The Bertz CT molecular complexity index is 860. The highest BCUT2D eigenvalue weighted by Gasteiger charge is 2.15. The number of hydrogen-bond acceptors (Lipinski definition) is 6. The van der Waals surface area contributed by atoms with Crippen molar-refractivity contribution in [2.24, 2.45) is 5.10 Å². The average Bonchev–Trinajstić information content (AvgIpc) is 2.55. The smallest absolute Gasteiger partial charge is 0.311 e. The number of phenolic OH excluding ortho intramolecular Hbond substituents is 1. The van der Waals surface area contributed by atoms with Crippen LogP contribution in [0.25, 0.3) is 0 Å². The number of hydrogen-bond donors (Lipinski definition) is 2. The lowest BCUT2D eigenvalue weighted by Crippen LogP contribution is -2.25. The molecule has 0 bridgehead atoms. The zero-order valence-electron chi connectivity index (χ0n) is 14.0. The van der Waals surface area contributed by atoms with Gasteiger partial charge >= 0.3 is 5.69 Å². The molecule has 0 aromatic heterocycles. The van der Waals surface area contributed by atoms with E-state index >= 15 is 0 Å². The van der Waals surface area contributed by atoms with Crippen LogP contribution in [0.2, 0.25) is 0 Å². The number of nitrogens with one attached hydrogen (secondary N) is 1. The van der Waals surface area contributed by atoms with E-state index in [0.717, 1.165) is 21.8 Å². The minimum atomic E-state index is -0.706. The van der Waals surface area contributed by atoms with Crippen molar-refractivity contribution in [2.75, 3.05) is 6.61 Å². The zero-order valence-corrected chi connectivity index (χ0v) is 15.6. The van der Waals surface area contributed by atoms with Crippen LogP contribution in [-0.4, -0.2) is 28.8 Å². The third kappa shape index (κ3) is 4.79. The molecule has 1 amide bonds. The average molecular weight is 422 g/mol. The fraction of sp³-hybridized carbons (Fsp3) is 0.176. The molecule has 2 N–H and O–H groups in total. The standard InChI is InChI=1S/C17H16BrN3O5/c1-10-6-13(18)7-11(2)17(10)26-9-15(22)20-19-8-12-4-3-5-14(16(12)23)21(24)25/h3-8,23H,9H2,1-2H3,(H,20,22)/b19-8-. The van der Waals surface area contributed by atoms with E-state index < -0.39 is 22.3 Å². The fourth-order valence-electron chi connectivity index (χ4n) is 2.27. The first-order valence-corrected chi connectivity index (χ1v) is 8.26. The van der Waals surface area contributed by atoms with Crippen molar-refractivity contribution in [1.29, 1.82) is 0 Å². The molecule has 0 aliphatic carbocycles. The van der Waals surface area contributed by atoms with E-state index in [9.17, 15) is 20.0 Å². The van der Waals surface area contributed by atoms with Gasteiger partial charge in [0.25, 0.3) is 5.91 Å². The number of para-hydroxylation sites is 1. The van der Waals surface area contributed by atoms with Gasteiger partial charge in [0.05, 0.1) is 11.1 Å². The second-order valence-corrected chi connectivity index (χ2v) is 6.34. The van der Waals surface area contributed by atoms with Crippen LogP contribution in [-0.2, 0) is 4.79 Å². The largest absolute Gasteiger partial charge is 0.502 e. The second-order valence-electron chi connectivity index (χ2n) is 5.42. The molecule has 0 heterocycles. The molecule has 0 saturated heterocycles. The summed E-state index contributed by atoms with van der Waals surface area (Å²) in [4.78, 5) is 21.9. The number of hydrazone groups is 1. The summed E-state index contributed by atoms with van der Waals surface area (Å²) >= 11 is 3.39. The van der Waals surface area contributed by atoms with Crippen molar-refractivity contribution < 1.29 is 19.6 Å². The zero-order chi connectivity index (χ0) is 19.3. The predicted molar refractivity (Wildman–Crippen MR) is 99.6 cm³/mol. The summed E-state index contributed by atoms with van der Waals surface area (Å²) in [6, 6.07) is 7.77. The third-order valence-electron chi connectivity index (χ3n) is 3.41. The van der Waals surface area contributed by atoms with E-state index in [1.807, 2.05) is 26.0 Å². The lowest BCUT2D eigenvalue weighted by atomic mass is 10.1. The van der Waals surface area contributed by atoms with E-state index in [0.29, 0.717) is 5.75 Å². The Morgan fingerprint density at radius 1 is 1.38 bits per heavy atom. The molecule has 0 unspecified atom stereocenters. The molecule has 2 aromatic rings. The number of carbonyl (C=O) groups excluding carboxylic acids is 1. The molecule has 9 heteroatoms. The maximum atomic E-state index is 11.8. The van der Waals surface area contributed by atoms with E-state index in [2.05, 4.69) is 26.5 Å². The topological polar surface area (TPSA) is 114 Å². The molecule has 0 saturated carbocycles. The number of amides is 1. The molecule has 0 atom stereocenters. The van der Waals surface area contributed by atoms with E-state index in [1.165, 1.54) is 18.2 Å². The van der Waals surface area contributed by atoms with Crippen molar-refractivity contribution in [3.63, 3.8) is 0 Å². The molecule has 0 fully saturated rings. The number of ether oxygens (including phenoxy) is 1. The van der Waals surface area contributed by atoms with Crippen LogP contribution in [0.3, 0.4) is 0 Å². The second kappa shape index (κ2) is 8.43. The molecule has 2 aromatic carbocycles. The predicted octanol–water partition coefficient (Wildman–Crippen LogP) is 3.21. The first kappa shape index (κ1) is 19.4. The molecular weight excluding hydrogens is 406 g/mol. The van der Waals surface area contributed by atoms with E-state index in [4.69, 9.17) is 4.74 Å². The van der Waals surface area contributed by atoms with Gasteiger partial charge in [0, 0.05) is 16.1 Å². The number of phenols is 1. The van der Waals surface area contributed by atoms with Crippen LogP contribution in [0, 0.1) is 24.0 Å². The van der Waals surface area contributed by atoms with Crippen molar-refractivity contribution in [3.05, 3.63) is 61.6 Å². The van der Waals surface area contributed by atoms with Gasteiger partial charge < -0.3 is 9.84 Å². The number of rotatable bonds is 6. The SMILES string of the molecule is Cc1cc(Br)cc(C)c1OCC(=O)N/N=C\c1cccc([N+](=O)[O-])c1O. The quantitative estimate of drug-likeness (QED) is 0.422. The normalized spacial score (nSPS) is 10.7. The summed E-state index contributed by atoms with van der Waals surface area (Å²) in [5.74, 6) is -0.413. The minimum Gasteiger partial charge on any atom is -0.502 e. The summed E-state index contributed by atoms with van der Waals surface area (Å²) in [6.45, 7) is 3.49. The highest BCUT2D eigenvalue weighted by Crippen LogP contribution is 2.28. The van der Waals surface area contributed by atoms with Crippen molar-refractivity contribution in [2.45, 2.75) is 13.8 Å². The lowest BCUT2D eigenvalue weighted by Gasteiger charge is -2.11. The molecule has 0 aliphatic rings. The Kier molecular flexibility index (Phi) is 6.29. The van der Waals surface area contributed by atoms with Crippen molar-refractivity contribution in [1.82, 2.24) is 5.43 Å². The first-order valence-electron chi connectivity index (χ1n) is 7.47. The van der Waals surface area contributed by atoms with E-state index in [1.54, 1.807) is 0 Å². The fourth-order valence-corrected chi connectivity index (χ4v) is 2.96. The van der Waals surface area contributed by atoms with Gasteiger partial charge in [-0.1, -0.05) is 22.0 Å². The monoisotopic (exact) mass is 421 g/mol. The molecular formula is C17H16BrN3O5. The van der Waals surface area contributed by atoms with Crippen LogP contribution in [0.15, 0.2) is 39.9 Å². The Balaban J connectivity index is 1.97. The van der Waals surface area contributed by atoms with Gasteiger partial charge in [-0.2, -0.15) is 5.10 Å². The Hall–Kier alpha value is -2.94. The highest BCUT2D eigenvalue weighted by atomic mass is 79.9. The molecule has 0 spiro atoms. The van der Waals surface area contributed by atoms with Gasteiger partial charge in [-0.15, -0.1) is 0 Å². The van der Waals surface area contributed by atoms with Gasteiger partial charge in [-0.25, -0.2) is 5.43 Å². The summed E-state index contributed by atoms with van der Waals surface area (Å²) in [7, 11) is 0. The number of aromatic hydroxyl groups is 1. The van der Waals surface area contributed by atoms with Crippen LogP contribution in [0.4, 0.5) is 5.69 Å². The number of nitrogens with zero attached hydrogens (tertiary/aromatic N) is 2. The number of nitro benzene ring substituents is 1. The van der Waals surface area contributed by atoms with Crippen LogP contribution in [0.5, 0.6) is 11.5 Å². The molecule has 0 aliphatic heterocycles. The Morgan fingerprint density at radius 2 is 2.04 bits per heavy atom. The van der Waals surface area contributed by atoms with Crippen molar-refractivity contribution >= 4 is 33.7 Å².